The highest BCUT2D eigenvalue weighted by atomic mass is 14.8. The number of nitrogens with two attached hydrogens (primary N) is 1. The summed E-state index contributed by atoms with van der Waals surface area (Å²) in [6, 6.07) is 6.38. The van der Waals surface area contributed by atoms with Crippen LogP contribution in [0, 0.1) is 0 Å². The van der Waals surface area contributed by atoms with E-state index in [2.05, 4.69) is 39.0 Å². The molecule has 1 aliphatic carbocycles. The minimum absolute atomic E-state index is 0.121. The fourth-order valence-electron chi connectivity index (χ4n) is 2.32. The Kier molecular flexibility index (Phi) is 2.79. The summed E-state index contributed by atoms with van der Waals surface area (Å²) < 4.78 is 0. The zero-order chi connectivity index (χ0) is 11.8. The molecule has 1 saturated carbocycles. The third-order valence-corrected chi connectivity index (χ3v) is 3.76. The zero-order valence-electron chi connectivity index (χ0n) is 10.6. The highest BCUT2D eigenvalue weighted by Crippen LogP contribution is 2.42. The van der Waals surface area contributed by atoms with Gasteiger partial charge in [0.25, 0.3) is 0 Å². The molecule has 0 radical (unpaired) electrons. The van der Waals surface area contributed by atoms with Crippen LogP contribution in [-0.2, 0) is 10.8 Å². The maximum atomic E-state index is 5.92. The predicted molar refractivity (Wildman–Crippen MR) is 67.5 cm³/mol. The van der Waals surface area contributed by atoms with Crippen molar-refractivity contribution in [2.24, 2.45) is 5.73 Å². The summed E-state index contributed by atoms with van der Waals surface area (Å²) in [5.74, 6) is 0. The topological polar surface area (TPSA) is 38.9 Å². The van der Waals surface area contributed by atoms with E-state index in [0.717, 1.165) is 6.54 Å². The molecule has 1 aromatic rings. The van der Waals surface area contributed by atoms with E-state index in [1.54, 1.807) is 0 Å². The molecule has 2 nitrogen and oxygen atoms in total. The Hall–Kier alpha value is -0.890. The van der Waals surface area contributed by atoms with E-state index in [-0.39, 0.29) is 10.8 Å². The summed E-state index contributed by atoms with van der Waals surface area (Å²) in [6.07, 6.45) is 3.69. The Morgan fingerprint density at radius 3 is 2.44 bits per heavy atom. The Morgan fingerprint density at radius 1 is 1.31 bits per heavy atom. The van der Waals surface area contributed by atoms with E-state index in [0.29, 0.717) is 0 Å². The normalized spacial score (nSPS) is 19.2. The lowest BCUT2D eigenvalue weighted by Crippen LogP contribution is -2.42. The third-order valence-electron chi connectivity index (χ3n) is 3.76. The van der Waals surface area contributed by atoms with E-state index >= 15 is 0 Å². The lowest BCUT2D eigenvalue weighted by molar-refractivity contribution is 0.244. The Morgan fingerprint density at radius 2 is 2.00 bits per heavy atom. The van der Waals surface area contributed by atoms with E-state index in [1.165, 1.54) is 30.7 Å². The quantitative estimate of drug-likeness (QED) is 0.829. The maximum absolute atomic E-state index is 5.92. The van der Waals surface area contributed by atoms with Crippen molar-refractivity contribution >= 4 is 0 Å². The molecule has 2 rings (SSSR count). The van der Waals surface area contributed by atoms with E-state index in [4.69, 9.17) is 10.7 Å². The number of pyridine rings is 1. The molecule has 2 N–H and O–H groups in total. The smallest absolute Gasteiger partial charge is 0.0481 e. The summed E-state index contributed by atoms with van der Waals surface area (Å²) in [5, 5.41) is 0. The monoisotopic (exact) mass is 218 g/mol. The van der Waals surface area contributed by atoms with Gasteiger partial charge < -0.3 is 5.73 Å². The molecule has 1 heterocycles. The number of nitrogens with zero attached hydrogens (tertiary/aromatic N) is 1. The van der Waals surface area contributed by atoms with Gasteiger partial charge in [0.05, 0.1) is 0 Å². The molecular formula is C14H22N2. The lowest BCUT2D eigenvalue weighted by Gasteiger charge is -2.40. The predicted octanol–water partition coefficient (Wildman–Crippen LogP) is 2.76. The van der Waals surface area contributed by atoms with Gasteiger partial charge in [0.1, 0.15) is 0 Å². The Labute approximate surface area is 98.3 Å². The number of hydrogen-bond acceptors (Lipinski definition) is 2. The van der Waals surface area contributed by atoms with Crippen LogP contribution in [0.4, 0.5) is 0 Å². The van der Waals surface area contributed by atoms with Crippen LogP contribution in [0.2, 0.25) is 0 Å². The molecular weight excluding hydrogens is 196 g/mol. The Bertz CT molecular complexity index is 367. The van der Waals surface area contributed by atoms with Crippen LogP contribution >= 0.6 is 0 Å². The van der Waals surface area contributed by atoms with Crippen molar-refractivity contribution in [3.63, 3.8) is 0 Å². The molecule has 0 aliphatic heterocycles. The first kappa shape index (κ1) is 11.6. The summed E-state index contributed by atoms with van der Waals surface area (Å²) >= 11 is 0. The van der Waals surface area contributed by atoms with Gasteiger partial charge in [0.15, 0.2) is 0 Å². The molecule has 0 atom stereocenters. The molecule has 1 aliphatic rings. The molecule has 16 heavy (non-hydrogen) atoms. The molecule has 1 fully saturated rings. The number of rotatable bonds is 2. The molecule has 0 spiro atoms. The second-order valence-electron chi connectivity index (χ2n) is 6.00. The average Bonchev–Trinajstić information content (AvgIpc) is 2.16. The third kappa shape index (κ3) is 1.86. The van der Waals surface area contributed by atoms with Gasteiger partial charge >= 0.3 is 0 Å². The first-order valence-electron chi connectivity index (χ1n) is 6.16. The van der Waals surface area contributed by atoms with Crippen LogP contribution in [0.15, 0.2) is 18.2 Å². The van der Waals surface area contributed by atoms with Crippen LogP contribution in [0.1, 0.15) is 51.4 Å². The molecule has 0 unspecified atom stereocenters. The van der Waals surface area contributed by atoms with Gasteiger partial charge in [-0.3, -0.25) is 4.98 Å². The largest absolute Gasteiger partial charge is 0.330 e. The van der Waals surface area contributed by atoms with Crippen LogP contribution in [0.3, 0.4) is 0 Å². The van der Waals surface area contributed by atoms with Crippen LogP contribution in [-0.4, -0.2) is 11.5 Å². The van der Waals surface area contributed by atoms with Gasteiger partial charge in [-0.25, -0.2) is 0 Å². The summed E-state index contributed by atoms with van der Waals surface area (Å²) in [5.41, 5.74) is 8.60. The van der Waals surface area contributed by atoms with Gasteiger partial charge in [-0.15, -0.1) is 0 Å². The highest BCUT2D eigenvalue weighted by molar-refractivity contribution is 5.26. The lowest BCUT2D eigenvalue weighted by atomic mass is 9.66. The first-order chi connectivity index (χ1) is 7.48. The summed E-state index contributed by atoms with van der Waals surface area (Å²) in [6.45, 7) is 7.34. The molecule has 88 valence electrons. The highest BCUT2D eigenvalue weighted by Gasteiger charge is 2.38. The average molecular weight is 218 g/mol. The standard InChI is InChI=1S/C14H22N2/c1-13(2,3)11-6-4-7-12(16-11)14(10-15)8-5-9-14/h4,6-7H,5,8-10,15H2,1-3H3. The minimum atomic E-state index is 0.121. The first-order valence-corrected chi connectivity index (χ1v) is 6.16. The van der Waals surface area contributed by atoms with Crippen molar-refractivity contribution in [2.45, 2.75) is 50.9 Å². The SMILES string of the molecule is CC(C)(C)c1cccc(C2(CN)CCC2)n1. The summed E-state index contributed by atoms with van der Waals surface area (Å²) in [4.78, 5) is 4.83. The second kappa shape index (κ2) is 3.85. The molecule has 0 amide bonds. The van der Waals surface area contributed by atoms with Crippen molar-refractivity contribution in [1.29, 1.82) is 0 Å². The van der Waals surface area contributed by atoms with Crippen molar-refractivity contribution in [1.82, 2.24) is 4.98 Å². The molecule has 0 saturated heterocycles. The van der Waals surface area contributed by atoms with E-state index in [1.807, 2.05) is 0 Å². The molecule has 2 heteroatoms. The molecule has 0 bridgehead atoms. The van der Waals surface area contributed by atoms with Crippen molar-refractivity contribution in [3.8, 4) is 0 Å². The van der Waals surface area contributed by atoms with Crippen molar-refractivity contribution in [3.05, 3.63) is 29.6 Å². The van der Waals surface area contributed by atoms with Crippen molar-refractivity contribution < 1.29 is 0 Å². The van der Waals surface area contributed by atoms with Crippen LogP contribution < -0.4 is 5.73 Å². The van der Waals surface area contributed by atoms with Gasteiger partial charge in [-0.2, -0.15) is 0 Å². The van der Waals surface area contributed by atoms with Crippen molar-refractivity contribution in [2.75, 3.05) is 6.54 Å². The van der Waals surface area contributed by atoms with Crippen LogP contribution in [0.25, 0.3) is 0 Å². The van der Waals surface area contributed by atoms with Crippen LogP contribution in [0.5, 0.6) is 0 Å². The molecule has 1 aromatic heterocycles. The van der Waals surface area contributed by atoms with E-state index < -0.39 is 0 Å². The number of aromatic nitrogens is 1. The van der Waals surface area contributed by atoms with Gasteiger partial charge in [-0.05, 0) is 25.0 Å². The minimum Gasteiger partial charge on any atom is -0.330 e. The summed E-state index contributed by atoms with van der Waals surface area (Å²) in [7, 11) is 0. The fourth-order valence-corrected chi connectivity index (χ4v) is 2.32. The maximum Gasteiger partial charge on any atom is 0.0481 e. The van der Waals surface area contributed by atoms with Gasteiger partial charge in [0, 0.05) is 28.8 Å². The zero-order valence-corrected chi connectivity index (χ0v) is 10.6. The van der Waals surface area contributed by atoms with E-state index in [9.17, 15) is 0 Å². The second-order valence-corrected chi connectivity index (χ2v) is 6.00. The Balaban J connectivity index is 2.36. The van der Waals surface area contributed by atoms with Gasteiger partial charge in [0.2, 0.25) is 0 Å². The molecule has 0 aromatic carbocycles. The van der Waals surface area contributed by atoms with Gasteiger partial charge in [-0.1, -0.05) is 33.3 Å². The fraction of sp³-hybridized carbons (Fsp3) is 0.643. The number of hydrogen-bond donors (Lipinski definition) is 1.